The van der Waals surface area contributed by atoms with Crippen molar-refractivity contribution in [3.05, 3.63) is 54.3 Å². The highest BCUT2D eigenvalue weighted by Crippen LogP contribution is 2.34. The van der Waals surface area contributed by atoms with Gasteiger partial charge in [-0.1, -0.05) is 30.1 Å². The maximum atomic E-state index is 12.4. The van der Waals surface area contributed by atoms with Crippen LogP contribution < -0.4 is 10.6 Å². The van der Waals surface area contributed by atoms with Gasteiger partial charge in [0, 0.05) is 17.2 Å². The molecule has 8 nitrogen and oxygen atoms in total. The zero-order valence-electron chi connectivity index (χ0n) is 16.1. The molecule has 0 unspecified atom stereocenters. The fourth-order valence-corrected chi connectivity index (χ4v) is 3.42. The van der Waals surface area contributed by atoms with Crippen molar-refractivity contribution in [3.8, 4) is 11.4 Å². The predicted molar refractivity (Wildman–Crippen MR) is 105 cm³/mol. The van der Waals surface area contributed by atoms with Crippen LogP contribution in [0.5, 0.6) is 0 Å². The van der Waals surface area contributed by atoms with Crippen molar-refractivity contribution < 1.29 is 18.5 Å². The summed E-state index contributed by atoms with van der Waals surface area (Å²) >= 11 is 0. The monoisotopic (exact) mass is 394 g/mol. The van der Waals surface area contributed by atoms with Gasteiger partial charge in [0.05, 0.1) is 6.26 Å². The van der Waals surface area contributed by atoms with Gasteiger partial charge in [-0.15, -0.1) is 0 Å². The van der Waals surface area contributed by atoms with Gasteiger partial charge in [-0.05, 0) is 44.0 Å². The molecule has 0 aliphatic heterocycles. The van der Waals surface area contributed by atoms with E-state index >= 15 is 0 Å². The van der Waals surface area contributed by atoms with Crippen LogP contribution in [0.4, 0.5) is 5.69 Å². The molecule has 8 heteroatoms. The number of anilines is 1. The van der Waals surface area contributed by atoms with Crippen LogP contribution in [0.25, 0.3) is 11.4 Å². The van der Waals surface area contributed by atoms with Gasteiger partial charge in [-0.2, -0.15) is 4.98 Å². The molecule has 0 bridgehead atoms. The second-order valence-corrected chi connectivity index (χ2v) is 7.18. The second kappa shape index (κ2) is 8.30. The molecular weight excluding hydrogens is 372 g/mol. The van der Waals surface area contributed by atoms with E-state index in [9.17, 15) is 9.59 Å². The number of carbonyl (C=O) groups is 2. The van der Waals surface area contributed by atoms with Gasteiger partial charge >= 0.3 is 0 Å². The highest BCUT2D eigenvalue weighted by Gasteiger charge is 2.23. The van der Waals surface area contributed by atoms with E-state index in [-0.39, 0.29) is 11.7 Å². The molecule has 0 saturated heterocycles. The molecule has 1 fully saturated rings. The Morgan fingerprint density at radius 2 is 2.00 bits per heavy atom. The Morgan fingerprint density at radius 1 is 1.17 bits per heavy atom. The van der Waals surface area contributed by atoms with Gasteiger partial charge in [-0.3, -0.25) is 9.59 Å². The van der Waals surface area contributed by atoms with E-state index < -0.39 is 11.9 Å². The molecule has 2 amide bonds. The first-order valence-corrected chi connectivity index (χ1v) is 9.69. The second-order valence-electron chi connectivity index (χ2n) is 7.18. The van der Waals surface area contributed by atoms with Gasteiger partial charge in [0.25, 0.3) is 5.91 Å². The van der Waals surface area contributed by atoms with Crippen LogP contribution in [-0.4, -0.2) is 28.0 Å². The smallest absolute Gasteiger partial charge is 0.287 e. The van der Waals surface area contributed by atoms with Gasteiger partial charge in [0.15, 0.2) is 5.76 Å². The Kier molecular flexibility index (Phi) is 5.41. The van der Waals surface area contributed by atoms with Crippen molar-refractivity contribution >= 4 is 17.5 Å². The topological polar surface area (TPSA) is 110 Å². The summed E-state index contributed by atoms with van der Waals surface area (Å²) in [5, 5.41) is 9.48. The molecular formula is C21H22N4O4. The van der Waals surface area contributed by atoms with Gasteiger partial charge in [0.2, 0.25) is 17.6 Å². The van der Waals surface area contributed by atoms with E-state index in [2.05, 4.69) is 20.8 Å². The number of carbonyl (C=O) groups excluding carboxylic acids is 2. The van der Waals surface area contributed by atoms with Crippen LogP contribution in [0.3, 0.4) is 0 Å². The fourth-order valence-electron chi connectivity index (χ4n) is 3.42. The number of amides is 2. The number of nitrogens with one attached hydrogen (secondary N) is 2. The minimum absolute atomic E-state index is 0.154. The first-order valence-electron chi connectivity index (χ1n) is 9.69. The highest BCUT2D eigenvalue weighted by atomic mass is 16.5. The number of nitrogens with zero attached hydrogens (tertiary/aromatic N) is 2. The normalized spacial score (nSPS) is 15.2. The summed E-state index contributed by atoms with van der Waals surface area (Å²) < 4.78 is 10.5. The maximum Gasteiger partial charge on any atom is 0.287 e. The summed E-state index contributed by atoms with van der Waals surface area (Å²) in [4.78, 5) is 29.0. The van der Waals surface area contributed by atoms with Crippen molar-refractivity contribution in [1.82, 2.24) is 15.5 Å². The lowest BCUT2D eigenvalue weighted by atomic mass is 10.1. The quantitative estimate of drug-likeness (QED) is 0.659. The molecule has 3 aromatic rings. The Balaban J connectivity index is 1.40. The predicted octanol–water partition coefficient (Wildman–Crippen LogP) is 3.74. The van der Waals surface area contributed by atoms with E-state index in [1.165, 1.54) is 25.2 Å². The van der Waals surface area contributed by atoms with Gasteiger partial charge in [0.1, 0.15) is 6.04 Å². The third-order valence-electron chi connectivity index (χ3n) is 5.02. The molecule has 0 radical (unpaired) electrons. The molecule has 0 spiro atoms. The number of hydrogen-bond acceptors (Lipinski definition) is 6. The average Bonchev–Trinajstić information content (AvgIpc) is 3.50. The van der Waals surface area contributed by atoms with E-state index in [0.29, 0.717) is 23.3 Å². The summed E-state index contributed by atoms with van der Waals surface area (Å²) in [6, 6.07) is 9.62. The van der Waals surface area contributed by atoms with E-state index in [0.717, 1.165) is 18.4 Å². The average molecular weight is 394 g/mol. The number of furan rings is 1. The number of benzene rings is 1. The summed E-state index contributed by atoms with van der Waals surface area (Å²) in [5.41, 5.74) is 1.34. The van der Waals surface area contributed by atoms with E-state index in [1.807, 2.05) is 12.1 Å². The largest absolute Gasteiger partial charge is 0.459 e. The molecule has 2 heterocycles. The Bertz CT molecular complexity index is 990. The third kappa shape index (κ3) is 4.37. The summed E-state index contributed by atoms with van der Waals surface area (Å²) in [6.45, 7) is 1.60. The number of hydrogen-bond donors (Lipinski definition) is 2. The zero-order chi connectivity index (χ0) is 20.2. The Labute approximate surface area is 167 Å². The fraction of sp³-hybridized carbons (Fsp3) is 0.333. The lowest BCUT2D eigenvalue weighted by Gasteiger charge is -2.13. The third-order valence-corrected chi connectivity index (χ3v) is 5.02. The van der Waals surface area contributed by atoms with Crippen molar-refractivity contribution in [2.45, 2.75) is 44.6 Å². The lowest BCUT2D eigenvalue weighted by Crippen LogP contribution is -2.41. The van der Waals surface area contributed by atoms with Crippen LogP contribution in [0.2, 0.25) is 0 Å². The Hall–Kier alpha value is -3.42. The maximum absolute atomic E-state index is 12.4. The van der Waals surface area contributed by atoms with Gasteiger partial charge < -0.3 is 19.6 Å². The van der Waals surface area contributed by atoms with Crippen molar-refractivity contribution in [2.75, 3.05) is 5.32 Å². The van der Waals surface area contributed by atoms with Gasteiger partial charge in [-0.25, -0.2) is 0 Å². The summed E-state index contributed by atoms with van der Waals surface area (Å²) in [6.07, 6.45) is 5.96. The minimum atomic E-state index is -0.740. The molecule has 2 N–H and O–H groups in total. The highest BCUT2D eigenvalue weighted by molar-refractivity contribution is 6.00. The molecule has 1 aliphatic rings. The van der Waals surface area contributed by atoms with Crippen LogP contribution >= 0.6 is 0 Å². The van der Waals surface area contributed by atoms with Crippen LogP contribution in [-0.2, 0) is 4.79 Å². The van der Waals surface area contributed by atoms with Crippen LogP contribution in [0, 0.1) is 0 Å². The SMILES string of the molecule is C[C@H](NC(=O)c1ccco1)C(=O)Nc1cccc(-c2noc(C3CCCC3)n2)c1. The number of rotatable bonds is 6. The van der Waals surface area contributed by atoms with E-state index in [4.69, 9.17) is 8.94 Å². The summed E-state index contributed by atoms with van der Waals surface area (Å²) in [7, 11) is 0. The van der Waals surface area contributed by atoms with Crippen molar-refractivity contribution in [1.29, 1.82) is 0 Å². The molecule has 4 rings (SSSR count). The molecule has 150 valence electrons. The standard InChI is InChI=1S/C21H22N4O4/c1-13(22-20(27)17-10-5-11-28-17)19(26)23-16-9-4-8-15(12-16)18-24-21(29-25-18)14-6-2-3-7-14/h4-5,8-14H,2-3,6-7H2,1H3,(H,22,27)(H,23,26)/t13-/m0/s1. The van der Waals surface area contributed by atoms with Crippen molar-refractivity contribution in [2.24, 2.45) is 0 Å². The molecule has 1 aliphatic carbocycles. The van der Waals surface area contributed by atoms with Crippen LogP contribution in [0.15, 0.2) is 51.6 Å². The lowest BCUT2D eigenvalue weighted by molar-refractivity contribution is -0.117. The molecule has 1 aromatic carbocycles. The first kappa shape index (κ1) is 18.9. The van der Waals surface area contributed by atoms with E-state index in [1.54, 1.807) is 25.1 Å². The van der Waals surface area contributed by atoms with Crippen molar-refractivity contribution in [3.63, 3.8) is 0 Å². The molecule has 29 heavy (non-hydrogen) atoms. The minimum Gasteiger partial charge on any atom is -0.459 e. The number of aromatic nitrogens is 2. The Morgan fingerprint density at radius 3 is 2.76 bits per heavy atom. The molecule has 2 aromatic heterocycles. The zero-order valence-corrected chi connectivity index (χ0v) is 16.1. The molecule has 1 atom stereocenters. The summed E-state index contributed by atoms with van der Waals surface area (Å²) in [5.74, 6) is 0.891. The first-order chi connectivity index (χ1) is 14.1. The molecule has 1 saturated carbocycles. The van der Waals surface area contributed by atoms with Crippen LogP contribution in [0.1, 0.15) is 55.0 Å².